The molecule has 3 aromatic rings. The molecule has 2 heterocycles. The highest BCUT2D eigenvalue weighted by molar-refractivity contribution is 6.30. The van der Waals surface area contributed by atoms with Gasteiger partial charge in [0.25, 0.3) is 5.91 Å². The third-order valence-electron chi connectivity index (χ3n) is 4.54. The summed E-state index contributed by atoms with van der Waals surface area (Å²) in [4.78, 5) is 12.3. The predicted octanol–water partition coefficient (Wildman–Crippen LogP) is 3.24. The first-order valence-electron chi connectivity index (χ1n) is 8.64. The standard InChI is InChI=1S/C20H19ClN4O2/c1-27-16-4-2-3-13(9-16)11-22-19-12-23-20(26)18-10-17(24-25(18)19)14-5-7-15(21)8-6-14/h2-10,19,22H,11-12H2,1H3,(H,23,26). The highest BCUT2D eigenvalue weighted by Crippen LogP contribution is 2.24. The number of methoxy groups -OCH3 is 1. The highest BCUT2D eigenvalue weighted by atomic mass is 35.5. The summed E-state index contributed by atoms with van der Waals surface area (Å²) < 4.78 is 7.02. The summed E-state index contributed by atoms with van der Waals surface area (Å²) in [6.07, 6.45) is -0.134. The average molecular weight is 383 g/mol. The number of fused-ring (bicyclic) bond motifs is 1. The van der Waals surface area contributed by atoms with Gasteiger partial charge in [-0.2, -0.15) is 5.10 Å². The fourth-order valence-electron chi connectivity index (χ4n) is 3.11. The van der Waals surface area contributed by atoms with Crippen molar-refractivity contribution in [3.8, 4) is 17.0 Å². The van der Waals surface area contributed by atoms with Crippen LogP contribution in [0.3, 0.4) is 0 Å². The third kappa shape index (κ3) is 3.67. The lowest BCUT2D eigenvalue weighted by molar-refractivity contribution is 0.0900. The molecule has 0 saturated heterocycles. The van der Waals surface area contributed by atoms with Crippen molar-refractivity contribution < 1.29 is 9.53 Å². The minimum Gasteiger partial charge on any atom is -0.497 e. The minimum atomic E-state index is -0.134. The van der Waals surface area contributed by atoms with Crippen molar-refractivity contribution in [3.05, 3.63) is 70.9 Å². The van der Waals surface area contributed by atoms with E-state index in [9.17, 15) is 4.79 Å². The second kappa shape index (κ2) is 7.42. The molecule has 0 aliphatic carbocycles. The maximum absolute atomic E-state index is 12.3. The summed E-state index contributed by atoms with van der Waals surface area (Å²) >= 11 is 5.96. The van der Waals surface area contributed by atoms with Gasteiger partial charge in [0.1, 0.15) is 17.6 Å². The van der Waals surface area contributed by atoms with Gasteiger partial charge in [0.05, 0.1) is 19.3 Å². The van der Waals surface area contributed by atoms with E-state index < -0.39 is 0 Å². The van der Waals surface area contributed by atoms with Gasteiger partial charge in [-0.3, -0.25) is 10.1 Å². The zero-order valence-corrected chi connectivity index (χ0v) is 15.5. The molecule has 1 amide bonds. The van der Waals surface area contributed by atoms with Crippen molar-refractivity contribution in [1.29, 1.82) is 0 Å². The van der Waals surface area contributed by atoms with E-state index >= 15 is 0 Å². The Kier molecular flexibility index (Phi) is 4.83. The lowest BCUT2D eigenvalue weighted by atomic mass is 10.1. The van der Waals surface area contributed by atoms with E-state index in [1.165, 1.54) is 0 Å². The maximum Gasteiger partial charge on any atom is 0.269 e. The van der Waals surface area contributed by atoms with Crippen molar-refractivity contribution in [3.63, 3.8) is 0 Å². The molecule has 1 aliphatic rings. The number of benzene rings is 2. The van der Waals surface area contributed by atoms with Crippen molar-refractivity contribution in [2.45, 2.75) is 12.7 Å². The number of rotatable bonds is 5. The van der Waals surface area contributed by atoms with E-state index in [0.29, 0.717) is 23.8 Å². The third-order valence-corrected chi connectivity index (χ3v) is 4.79. The van der Waals surface area contributed by atoms with Crippen LogP contribution >= 0.6 is 11.6 Å². The Bertz CT molecular complexity index is 968. The number of carbonyl (C=O) groups is 1. The molecular formula is C20H19ClN4O2. The van der Waals surface area contributed by atoms with Gasteiger partial charge in [-0.15, -0.1) is 0 Å². The van der Waals surface area contributed by atoms with Gasteiger partial charge in [0, 0.05) is 17.1 Å². The van der Waals surface area contributed by atoms with Gasteiger partial charge >= 0.3 is 0 Å². The first-order chi connectivity index (χ1) is 13.1. The van der Waals surface area contributed by atoms with E-state index in [2.05, 4.69) is 15.7 Å². The highest BCUT2D eigenvalue weighted by Gasteiger charge is 2.27. The van der Waals surface area contributed by atoms with E-state index in [1.807, 2.05) is 48.5 Å². The number of amides is 1. The van der Waals surface area contributed by atoms with Gasteiger partial charge in [0.15, 0.2) is 0 Å². The second-order valence-electron chi connectivity index (χ2n) is 6.32. The second-order valence-corrected chi connectivity index (χ2v) is 6.76. The summed E-state index contributed by atoms with van der Waals surface area (Å²) in [7, 11) is 1.65. The maximum atomic E-state index is 12.3. The normalized spacial score (nSPS) is 15.9. The van der Waals surface area contributed by atoms with Crippen molar-refractivity contribution in [2.24, 2.45) is 0 Å². The van der Waals surface area contributed by atoms with Crippen LogP contribution in [0, 0.1) is 0 Å². The molecule has 0 bridgehead atoms. The molecule has 1 aliphatic heterocycles. The number of aromatic nitrogens is 2. The minimum absolute atomic E-state index is 0.123. The predicted molar refractivity (Wildman–Crippen MR) is 104 cm³/mol. The Morgan fingerprint density at radius 2 is 2.07 bits per heavy atom. The van der Waals surface area contributed by atoms with Crippen LogP contribution in [0.5, 0.6) is 5.75 Å². The Hall–Kier alpha value is -2.83. The Morgan fingerprint density at radius 1 is 1.26 bits per heavy atom. The molecule has 1 atom stereocenters. The summed E-state index contributed by atoms with van der Waals surface area (Å²) in [5.74, 6) is 0.693. The number of carbonyl (C=O) groups excluding carboxylic acids is 1. The molecule has 4 rings (SSSR count). The molecule has 27 heavy (non-hydrogen) atoms. The van der Waals surface area contributed by atoms with Crippen LogP contribution < -0.4 is 15.4 Å². The topological polar surface area (TPSA) is 68.2 Å². The molecule has 1 aromatic heterocycles. The summed E-state index contributed by atoms with van der Waals surface area (Å²) in [6, 6.07) is 17.1. The van der Waals surface area contributed by atoms with E-state index in [1.54, 1.807) is 17.9 Å². The smallest absolute Gasteiger partial charge is 0.269 e. The Balaban J connectivity index is 1.57. The van der Waals surface area contributed by atoms with Gasteiger partial charge < -0.3 is 10.1 Å². The van der Waals surface area contributed by atoms with Crippen LogP contribution in [0.2, 0.25) is 5.02 Å². The lowest BCUT2D eigenvalue weighted by Crippen LogP contribution is -2.45. The fraction of sp³-hybridized carbons (Fsp3) is 0.200. The molecule has 0 radical (unpaired) electrons. The summed E-state index contributed by atoms with van der Waals surface area (Å²) in [5, 5.41) is 11.7. The number of hydrogen-bond acceptors (Lipinski definition) is 4. The summed E-state index contributed by atoms with van der Waals surface area (Å²) in [6.45, 7) is 1.10. The first kappa shape index (κ1) is 17.6. The number of nitrogens with one attached hydrogen (secondary N) is 2. The van der Waals surface area contributed by atoms with Crippen LogP contribution in [-0.2, 0) is 6.54 Å². The molecule has 0 spiro atoms. The van der Waals surface area contributed by atoms with Gasteiger partial charge in [0.2, 0.25) is 0 Å². The van der Waals surface area contributed by atoms with Crippen LogP contribution in [-0.4, -0.2) is 29.3 Å². The number of ether oxygens (including phenoxy) is 1. The molecule has 2 aromatic carbocycles. The van der Waals surface area contributed by atoms with Gasteiger partial charge in [-0.05, 0) is 35.9 Å². The van der Waals surface area contributed by atoms with Gasteiger partial charge in [-0.25, -0.2) is 4.68 Å². The number of nitrogens with zero attached hydrogens (tertiary/aromatic N) is 2. The molecule has 1 unspecified atom stereocenters. The average Bonchev–Trinajstić information content (AvgIpc) is 3.15. The quantitative estimate of drug-likeness (QED) is 0.710. The van der Waals surface area contributed by atoms with Crippen molar-refractivity contribution in [1.82, 2.24) is 20.4 Å². The number of halogens is 1. The monoisotopic (exact) mass is 382 g/mol. The Morgan fingerprint density at radius 3 is 2.85 bits per heavy atom. The fourth-order valence-corrected chi connectivity index (χ4v) is 3.23. The first-order valence-corrected chi connectivity index (χ1v) is 9.02. The van der Waals surface area contributed by atoms with E-state index in [-0.39, 0.29) is 12.1 Å². The summed E-state index contributed by atoms with van der Waals surface area (Å²) in [5.41, 5.74) is 3.29. The van der Waals surface area contributed by atoms with E-state index in [0.717, 1.165) is 22.6 Å². The zero-order valence-electron chi connectivity index (χ0n) is 14.8. The van der Waals surface area contributed by atoms with Crippen molar-refractivity contribution >= 4 is 17.5 Å². The van der Waals surface area contributed by atoms with E-state index in [4.69, 9.17) is 16.3 Å². The van der Waals surface area contributed by atoms with Crippen LogP contribution in [0.25, 0.3) is 11.3 Å². The van der Waals surface area contributed by atoms with Gasteiger partial charge in [-0.1, -0.05) is 35.9 Å². The molecular weight excluding hydrogens is 364 g/mol. The zero-order chi connectivity index (χ0) is 18.8. The van der Waals surface area contributed by atoms with Crippen molar-refractivity contribution in [2.75, 3.05) is 13.7 Å². The largest absolute Gasteiger partial charge is 0.497 e. The molecule has 0 fully saturated rings. The lowest BCUT2D eigenvalue weighted by Gasteiger charge is -2.25. The van der Waals surface area contributed by atoms with Crippen LogP contribution in [0.15, 0.2) is 54.6 Å². The van der Waals surface area contributed by atoms with Crippen LogP contribution in [0.4, 0.5) is 0 Å². The Labute approximate surface area is 162 Å². The molecule has 6 nitrogen and oxygen atoms in total. The molecule has 138 valence electrons. The molecule has 7 heteroatoms. The molecule has 0 saturated carbocycles. The SMILES string of the molecule is COc1cccc(CNC2CNC(=O)c3cc(-c4ccc(Cl)cc4)nn32)c1. The molecule has 2 N–H and O–H groups in total. The number of hydrogen-bond donors (Lipinski definition) is 2. The van der Waals surface area contributed by atoms with Crippen LogP contribution in [0.1, 0.15) is 22.2 Å².